The van der Waals surface area contributed by atoms with E-state index in [1.54, 1.807) is 18.3 Å². The van der Waals surface area contributed by atoms with Crippen molar-refractivity contribution in [3.05, 3.63) is 40.9 Å². The highest BCUT2D eigenvalue weighted by molar-refractivity contribution is 7.90. The summed E-state index contributed by atoms with van der Waals surface area (Å²) in [5, 5.41) is 0.841. The highest BCUT2D eigenvalue weighted by atomic mass is 32.2. The van der Waals surface area contributed by atoms with E-state index < -0.39 is 9.84 Å². The van der Waals surface area contributed by atoms with Gasteiger partial charge in [-0.2, -0.15) is 0 Å². The van der Waals surface area contributed by atoms with E-state index in [9.17, 15) is 13.2 Å². The van der Waals surface area contributed by atoms with Gasteiger partial charge in [-0.15, -0.1) is 0 Å². The van der Waals surface area contributed by atoms with Crippen molar-refractivity contribution in [1.82, 2.24) is 4.98 Å². The average molecular weight is 393 g/mol. The zero-order valence-corrected chi connectivity index (χ0v) is 16.1. The molecule has 3 heterocycles. The summed E-state index contributed by atoms with van der Waals surface area (Å²) in [5.74, 6) is -0.199. The van der Waals surface area contributed by atoms with Gasteiger partial charge in [-0.05, 0) is 31.4 Å². The zero-order valence-electron chi connectivity index (χ0n) is 14.4. The van der Waals surface area contributed by atoms with Gasteiger partial charge < -0.3 is 9.64 Å². The SMILES string of the molecule is CS(=O)(=O)c1cccc(C(=O)c2cnc(N3CCCC4OCCC43)s2)c1. The van der Waals surface area contributed by atoms with Crippen molar-refractivity contribution in [2.24, 2.45) is 0 Å². The highest BCUT2D eigenvalue weighted by Crippen LogP contribution is 2.35. The van der Waals surface area contributed by atoms with E-state index in [1.165, 1.54) is 23.5 Å². The smallest absolute Gasteiger partial charge is 0.204 e. The van der Waals surface area contributed by atoms with E-state index in [1.807, 2.05) is 0 Å². The normalized spacial score (nSPS) is 23.0. The molecule has 0 N–H and O–H groups in total. The van der Waals surface area contributed by atoms with Crippen LogP contribution in [0.4, 0.5) is 5.13 Å². The van der Waals surface area contributed by atoms with Crippen LogP contribution in [0.1, 0.15) is 34.5 Å². The van der Waals surface area contributed by atoms with Crippen molar-refractivity contribution < 1.29 is 17.9 Å². The molecule has 1 aromatic carbocycles. The molecule has 6 nitrogen and oxygen atoms in total. The van der Waals surface area contributed by atoms with Crippen LogP contribution in [-0.4, -0.2) is 50.7 Å². The van der Waals surface area contributed by atoms with Crippen LogP contribution in [0.3, 0.4) is 0 Å². The average Bonchev–Trinajstić information content (AvgIpc) is 3.29. The predicted molar refractivity (Wildman–Crippen MR) is 99.8 cm³/mol. The lowest BCUT2D eigenvalue weighted by Crippen LogP contribution is -2.45. The first-order valence-corrected chi connectivity index (χ1v) is 11.3. The Morgan fingerprint density at radius 2 is 2.19 bits per heavy atom. The second kappa shape index (κ2) is 6.75. The number of carbonyl (C=O) groups excluding carboxylic acids is 1. The molecule has 0 aliphatic carbocycles. The van der Waals surface area contributed by atoms with E-state index in [2.05, 4.69) is 9.88 Å². The van der Waals surface area contributed by atoms with E-state index in [4.69, 9.17) is 4.74 Å². The quantitative estimate of drug-likeness (QED) is 0.744. The second-order valence-electron chi connectivity index (χ2n) is 6.74. The molecule has 2 aliphatic heterocycles. The number of thiazole rings is 1. The number of rotatable bonds is 4. The van der Waals surface area contributed by atoms with Gasteiger partial charge in [0.05, 0.1) is 28.1 Å². The van der Waals surface area contributed by atoms with E-state index in [0.29, 0.717) is 16.5 Å². The van der Waals surface area contributed by atoms with Crippen LogP contribution < -0.4 is 4.90 Å². The minimum Gasteiger partial charge on any atom is -0.376 e. The van der Waals surface area contributed by atoms with E-state index in [0.717, 1.165) is 43.8 Å². The maximum absolute atomic E-state index is 12.8. The van der Waals surface area contributed by atoms with Crippen molar-refractivity contribution >= 4 is 32.1 Å². The van der Waals surface area contributed by atoms with Crippen LogP contribution in [0.25, 0.3) is 0 Å². The molecular weight excluding hydrogens is 372 g/mol. The lowest BCUT2D eigenvalue weighted by molar-refractivity contribution is 0.0863. The molecular formula is C18H20N2O4S2. The molecule has 2 saturated heterocycles. The van der Waals surface area contributed by atoms with Gasteiger partial charge >= 0.3 is 0 Å². The maximum Gasteiger partial charge on any atom is 0.204 e. The number of piperidine rings is 1. The van der Waals surface area contributed by atoms with Gasteiger partial charge in [0.2, 0.25) is 5.78 Å². The number of fused-ring (bicyclic) bond motifs is 1. The van der Waals surface area contributed by atoms with Gasteiger partial charge in [0.1, 0.15) is 0 Å². The highest BCUT2D eigenvalue weighted by Gasteiger charge is 2.37. The van der Waals surface area contributed by atoms with Gasteiger partial charge in [-0.3, -0.25) is 4.79 Å². The number of carbonyl (C=O) groups is 1. The first-order chi connectivity index (χ1) is 12.4. The molecule has 0 bridgehead atoms. The van der Waals surface area contributed by atoms with Gasteiger partial charge in [0.15, 0.2) is 15.0 Å². The van der Waals surface area contributed by atoms with Crippen LogP contribution in [-0.2, 0) is 14.6 Å². The second-order valence-corrected chi connectivity index (χ2v) is 9.76. The number of ketones is 1. The van der Waals surface area contributed by atoms with Crippen LogP contribution in [0.2, 0.25) is 0 Å². The number of hydrogen-bond acceptors (Lipinski definition) is 7. The molecule has 2 atom stereocenters. The number of nitrogens with zero attached hydrogens (tertiary/aromatic N) is 2. The van der Waals surface area contributed by atoms with Crippen LogP contribution in [0.5, 0.6) is 0 Å². The van der Waals surface area contributed by atoms with Crippen molar-refractivity contribution in [2.75, 3.05) is 24.3 Å². The molecule has 1 aromatic heterocycles. The van der Waals surface area contributed by atoms with Crippen LogP contribution in [0.15, 0.2) is 35.4 Å². The number of anilines is 1. The summed E-state index contributed by atoms with van der Waals surface area (Å²) in [5.41, 5.74) is 0.365. The molecule has 138 valence electrons. The summed E-state index contributed by atoms with van der Waals surface area (Å²) >= 11 is 1.36. The molecule has 2 fully saturated rings. The Balaban J connectivity index is 1.59. The fraction of sp³-hybridized carbons (Fsp3) is 0.444. The van der Waals surface area contributed by atoms with Gasteiger partial charge in [-0.1, -0.05) is 23.5 Å². The fourth-order valence-corrected chi connectivity index (χ4v) is 5.28. The Labute approximate surface area is 156 Å². The van der Waals surface area contributed by atoms with Gasteiger partial charge in [-0.25, -0.2) is 13.4 Å². The molecule has 0 spiro atoms. The third kappa shape index (κ3) is 3.28. The standard InChI is InChI=1S/C18H20N2O4S2/c1-26(22,23)13-5-2-4-12(10-13)17(21)16-11-19-18(25-16)20-8-3-6-15-14(20)7-9-24-15/h2,4-5,10-11,14-15H,3,6-9H2,1H3. The Bertz CT molecular complexity index is 938. The zero-order chi connectivity index (χ0) is 18.3. The summed E-state index contributed by atoms with van der Waals surface area (Å²) in [7, 11) is -3.35. The van der Waals surface area contributed by atoms with Crippen molar-refractivity contribution in [2.45, 2.75) is 36.3 Å². The Morgan fingerprint density at radius 1 is 1.35 bits per heavy atom. The molecule has 0 saturated carbocycles. The Hall–Kier alpha value is -1.77. The lowest BCUT2D eigenvalue weighted by atomic mass is 9.99. The van der Waals surface area contributed by atoms with Crippen LogP contribution >= 0.6 is 11.3 Å². The van der Waals surface area contributed by atoms with Crippen molar-refractivity contribution in [1.29, 1.82) is 0 Å². The molecule has 0 radical (unpaired) electrons. The molecule has 4 rings (SSSR count). The summed E-state index contributed by atoms with van der Waals surface area (Å²) in [6.07, 6.45) is 6.12. The Morgan fingerprint density at radius 3 is 3.00 bits per heavy atom. The monoisotopic (exact) mass is 392 g/mol. The summed E-state index contributed by atoms with van der Waals surface area (Å²) in [6, 6.07) is 6.50. The van der Waals surface area contributed by atoms with Crippen LogP contribution in [0, 0.1) is 0 Å². The topological polar surface area (TPSA) is 76.6 Å². The number of aromatic nitrogens is 1. The van der Waals surface area contributed by atoms with Crippen molar-refractivity contribution in [3.8, 4) is 0 Å². The number of hydrogen-bond donors (Lipinski definition) is 0. The summed E-state index contributed by atoms with van der Waals surface area (Å²) in [4.78, 5) is 20.2. The first kappa shape index (κ1) is 17.6. The Kier molecular flexibility index (Phi) is 4.58. The minimum atomic E-state index is -3.35. The van der Waals surface area contributed by atoms with Crippen molar-refractivity contribution in [3.63, 3.8) is 0 Å². The lowest BCUT2D eigenvalue weighted by Gasteiger charge is -2.36. The summed E-state index contributed by atoms with van der Waals surface area (Å²) in [6.45, 7) is 1.70. The van der Waals surface area contributed by atoms with Gasteiger partial charge in [0, 0.05) is 25.0 Å². The summed E-state index contributed by atoms with van der Waals surface area (Å²) < 4.78 is 29.2. The van der Waals surface area contributed by atoms with E-state index >= 15 is 0 Å². The minimum absolute atomic E-state index is 0.148. The first-order valence-electron chi connectivity index (χ1n) is 8.62. The molecule has 0 amide bonds. The van der Waals surface area contributed by atoms with E-state index in [-0.39, 0.29) is 16.8 Å². The third-order valence-corrected chi connectivity index (χ3v) is 7.09. The number of sulfone groups is 1. The number of benzene rings is 1. The molecule has 26 heavy (non-hydrogen) atoms. The van der Waals surface area contributed by atoms with Gasteiger partial charge in [0.25, 0.3) is 0 Å². The fourth-order valence-electron chi connectivity index (χ4n) is 3.65. The predicted octanol–water partition coefficient (Wildman–Crippen LogP) is 2.54. The molecule has 8 heteroatoms. The third-order valence-electron chi connectivity index (χ3n) is 4.95. The maximum atomic E-state index is 12.8. The molecule has 2 aromatic rings. The number of ether oxygens (including phenoxy) is 1. The largest absolute Gasteiger partial charge is 0.376 e. The molecule has 2 unspecified atom stereocenters. The molecule has 2 aliphatic rings.